The van der Waals surface area contributed by atoms with Crippen LogP contribution in [0.15, 0.2) is 72.8 Å². The topological polar surface area (TPSA) is 49.4 Å². The van der Waals surface area contributed by atoms with Crippen LogP contribution in [0.5, 0.6) is 0 Å². The van der Waals surface area contributed by atoms with Crippen molar-refractivity contribution < 1.29 is 18.4 Å². The van der Waals surface area contributed by atoms with Gasteiger partial charge in [-0.15, -0.1) is 0 Å². The molecule has 0 radical (unpaired) electrons. The lowest BCUT2D eigenvalue weighted by Crippen LogP contribution is -2.51. The maximum atomic E-state index is 14.6. The Morgan fingerprint density at radius 3 is 2.11 bits per heavy atom. The van der Waals surface area contributed by atoms with Gasteiger partial charge in [0, 0.05) is 26.1 Å². The Balaban J connectivity index is 1.38. The first kappa shape index (κ1) is 27.5. The number of likely N-dealkylation sites (tertiary alicyclic amines) is 1. The molecule has 1 saturated heterocycles. The molecule has 38 heavy (non-hydrogen) atoms. The van der Waals surface area contributed by atoms with Gasteiger partial charge in [-0.25, -0.2) is 8.78 Å². The van der Waals surface area contributed by atoms with Crippen LogP contribution in [-0.2, 0) is 35.3 Å². The molecule has 1 N–H and O–H groups in total. The van der Waals surface area contributed by atoms with Gasteiger partial charge in [0.2, 0.25) is 11.8 Å². The Morgan fingerprint density at radius 2 is 1.45 bits per heavy atom. The number of hydrogen-bond acceptors (Lipinski definition) is 2. The summed E-state index contributed by atoms with van der Waals surface area (Å²) in [6.07, 6.45) is 3.82. The molecule has 4 rings (SSSR count). The van der Waals surface area contributed by atoms with Crippen molar-refractivity contribution in [3.63, 3.8) is 0 Å². The molecule has 1 heterocycles. The molecule has 1 aliphatic heterocycles. The number of amides is 2. The summed E-state index contributed by atoms with van der Waals surface area (Å²) in [6, 6.07) is 21.2. The van der Waals surface area contributed by atoms with Crippen molar-refractivity contribution in [2.75, 3.05) is 19.6 Å². The van der Waals surface area contributed by atoms with Gasteiger partial charge < -0.3 is 10.2 Å². The van der Waals surface area contributed by atoms with Gasteiger partial charge in [-0.1, -0.05) is 61.5 Å². The van der Waals surface area contributed by atoms with Gasteiger partial charge in [-0.05, 0) is 79.0 Å². The number of hydrogen-bond donors (Lipinski definition) is 1. The van der Waals surface area contributed by atoms with Crippen LogP contribution < -0.4 is 5.32 Å². The molecule has 200 valence electrons. The maximum Gasteiger partial charge on any atom is 0.226 e. The Bertz CT molecular complexity index is 1220. The van der Waals surface area contributed by atoms with Crippen LogP contribution in [0.1, 0.15) is 48.4 Å². The third-order valence-electron chi connectivity index (χ3n) is 7.71. The van der Waals surface area contributed by atoms with Crippen molar-refractivity contribution in [3.8, 4) is 0 Å². The SMILES string of the molecule is CCc1ccc(CCNC(=O)C2(Cc3ccccc3F)CCN(C(=O)CCc3ccc(F)cc3)CC2)cc1. The molecule has 0 bridgehead atoms. The third-order valence-corrected chi connectivity index (χ3v) is 7.71. The van der Waals surface area contributed by atoms with E-state index in [-0.39, 0.29) is 23.4 Å². The van der Waals surface area contributed by atoms with Crippen molar-refractivity contribution in [3.05, 3.63) is 107 Å². The van der Waals surface area contributed by atoms with Gasteiger partial charge in [-0.3, -0.25) is 9.59 Å². The molecule has 4 nitrogen and oxygen atoms in total. The molecular weight excluding hydrogens is 482 g/mol. The monoisotopic (exact) mass is 518 g/mol. The lowest BCUT2D eigenvalue weighted by Gasteiger charge is -2.41. The highest BCUT2D eigenvalue weighted by Crippen LogP contribution is 2.36. The molecule has 0 aliphatic carbocycles. The molecule has 6 heteroatoms. The minimum Gasteiger partial charge on any atom is -0.355 e. The standard InChI is InChI=1S/C32H36F2N2O2/c1-2-24-7-9-26(10-8-24)17-20-35-31(38)32(23-27-5-3-4-6-29(27)34)18-21-36(22-19-32)30(37)16-13-25-11-14-28(33)15-12-25/h3-12,14-15H,2,13,16-23H2,1H3,(H,35,38). The van der Waals surface area contributed by atoms with E-state index >= 15 is 0 Å². The van der Waals surface area contributed by atoms with Crippen molar-refractivity contribution in [1.82, 2.24) is 10.2 Å². The second kappa shape index (κ2) is 12.8. The molecule has 3 aromatic rings. The highest BCUT2D eigenvalue weighted by Gasteiger charge is 2.42. The Kier molecular flexibility index (Phi) is 9.27. The third kappa shape index (κ3) is 7.06. The zero-order chi connectivity index (χ0) is 27.0. The van der Waals surface area contributed by atoms with Gasteiger partial charge in [0.1, 0.15) is 11.6 Å². The van der Waals surface area contributed by atoms with Crippen molar-refractivity contribution in [1.29, 1.82) is 0 Å². The molecular formula is C32H36F2N2O2. The summed E-state index contributed by atoms with van der Waals surface area (Å²) in [7, 11) is 0. The molecule has 3 aromatic carbocycles. The van der Waals surface area contributed by atoms with Crippen molar-refractivity contribution in [2.45, 2.75) is 51.9 Å². The van der Waals surface area contributed by atoms with Gasteiger partial charge >= 0.3 is 0 Å². The first-order chi connectivity index (χ1) is 18.4. The first-order valence-corrected chi connectivity index (χ1v) is 13.5. The number of nitrogens with one attached hydrogen (secondary N) is 1. The quantitative estimate of drug-likeness (QED) is 0.376. The van der Waals surface area contributed by atoms with Crippen LogP contribution in [0.4, 0.5) is 8.78 Å². The van der Waals surface area contributed by atoms with E-state index in [9.17, 15) is 18.4 Å². The Labute approximate surface area is 224 Å². The average Bonchev–Trinajstić information content (AvgIpc) is 2.94. The number of benzene rings is 3. The van der Waals surface area contributed by atoms with Gasteiger partial charge in [0.25, 0.3) is 0 Å². The van der Waals surface area contributed by atoms with E-state index in [2.05, 4.69) is 36.5 Å². The lowest BCUT2D eigenvalue weighted by atomic mass is 9.72. The van der Waals surface area contributed by atoms with E-state index in [0.29, 0.717) is 57.3 Å². The summed E-state index contributed by atoms with van der Waals surface area (Å²) in [4.78, 5) is 28.3. The number of nitrogens with zero attached hydrogens (tertiary/aromatic N) is 1. The van der Waals surface area contributed by atoms with Crippen LogP contribution in [-0.4, -0.2) is 36.3 Å². The summed E-state index contributed by atoms with van der Waals surface area (Å²) in [5.74, 6) is -0.669. The number of aryl methyl sites for hydroxylation is 2. The van der Waals surface area contributed by atoms with Gasteiger partial charge in [-0.2, -0.15) is 0 Å². The number of carbonyl (C=O) groups excluding carboxylic acids is 2. The molecule has 0 atom stereocenters. The second-order valence-electron chi connectivity index (χ2n) is 10.2. The minimum absolute atomic E-state index is 0.0183. The van der Waals surface area contributed by atoms with E-state index in [1.807, 2.05) is 0 Å². The van der Waals surface area contributed by atoms with E-state index in [1.54, 1.807) is 35.2 Å². The first-order valence-electron chi connectivity index (χ1n) is 13.5. The minimum atomic E-state index is -0.776. The van der Waals surface area contributed by atoms with Crippen LogP contribution in [0.3, 0.4) is 0 Å². The fraction of sp³-hybridized carbons (Fsp3) is 0.375. The number of carbonyl (C=O) groups is 2. The maximum absolute atomic E-state index is 14.6. The summed E-state index contributed by atoms with van der Waals surface area (Å²) < 4.78 is 27.7. The zero-order valence-corrected chi connectivity index (χ0v) is 22.0. The fourth-order valence-electron chi connectivity index (χ4n) is 5.18. The Morgan fingerprint density at radius 1 is 0.842 bits per heavy atom. The van der Waals surface area contributed by atoms with Crippen molar-refractivity contribution in [2.24, 2.45) is 5.41 Å². The van der Waals surface area contributed by atoms with Gasteiger partial charge in [0.15, 0.2) is 0 Å². The molecule has 0 unspecified atom stereocenters. The Hall–Kier alpha value is -3.54. The van der Waals surface area contributed by atoms with E-state index in [0.717, 1.165) is 24.0 Å². The van der Waals surface area contributed by atoms with Gasteiger partial charge in [0.05, 0.1) is 5.41 Å². The van der Waals surface area contributed by atoms with E-state index < -0.39 is 5.41 Å². The van der Waals surface area contributed by atoms with E-state index in [4.69, 9.17) is 0 Å². The molecule has 1 aliphatic rings. The zero-order valence-electron chi connectivity index (χ0n) is 22.0. The van der Waals surface area contributed by atoms with Crippen LogP contribution in [0, 0.1) is 17.0 Å². The molecule has 0 aromatic heterocycles. The highest BCUT2D eigenvalue weighted by atomic mass is 19.1. The summed E-state index contributed by atoms with van der Waals surface area (Å²) in [5.41, 5.74) is 3.10. The molecule has 0 spiro atoms. The van der Waals surface area contributed by atoms with Crippen LogP contribution in [0.2, 0.25) is 0 Å². The van der Waals surface area contributed by atoms with Crippen LogP contribution >= 0.6 is 0 Å². The number of halogens is 2. The summed E-state index contributed by atoms with van der Waals surface area (Å²) in [5, 5.41) is 3.11. The largest absolute Gasteiger partial charge is 0.355 e. The average molecular weight is 519 g/mol. The number of piperidine rings is 1. The molecule has 1 fully saturated rings. The predicted octanol–water partition coefficient (Wildman–Crippen LogP) is 5.67. The van der Waals surface area contributed by atoms with E-state index in [1.165, 1.54) is 23.8 Å². The molecule has 0 saturated carbocycles. The predicted molar refractivity (Wildman–Crippen MR) is 146 cm³/mol. The highest BCUT2D eigenvalue weighted by molar-refractivity contribution is 5.84. The van der Waals surface area contributed by atoms with Crippen LogP contribution in [0.25, 0.3) is 0 Å². The molecule has 2 amide bonds. The lowest BCUT2D eigenvalue weighted by molar-refractivity contribution is -0.140. The summed E-state index contributed by atoms with van der Waals surface area (Å²) >= 11 is 0. The fourth-order valence-corrected chi connectivity index (χ4v) is 5.18. The smallest absolute Gasteiger partial charge is 0.226 e. The normalized spacial score (nSPS) is 14.8. The second-order valence-corrected chi connectivity index (χ2v) is 10.2. The van der Waals surface area contributed by atoms with Crippen molar-refractivity contribution >= 4 is 11.8 Å². The summed E-state index contributed by atoms with van der Waals surface area (Å²) in [6.45, 7) is 3.52. The number of rotatable bonds is 10.